The van der Waals surface area contributed by atoms with E-state index in [9.17, 15) is 13.2 Å². The Hall–Kier alpha value is -3.58. The van der Waals surface area contributed by atoms with Gasteiger partial charge in [-0.3, -0.25) is 9.10 Å². The van der Waals surface area contributed by atoms with Gasteiger partial charge in [-0.15, -0.1) is 0 Å². The average Bonchev–Trinajstić information content (AvgIpc) is 2.78. The summed E-state index contributed by atoms with van der Waals surface area (Å²) >= 11 is 0. The zero-order valence-corrected chi connectivity index (χ0v) is 18.0. The molecule has 0 aliphatic carbocycles. The number of rotatable bonds is 5. The van der Waals surface area contributed by atoms with Gasteiger partial charge >= 0.3 is 0 Å². The smallest absolute Gasteiger partial charge is 0.270 e. The molecule has 0 bridgehead atoms. The van der Waals surface area contributed by atoms with Crippen molar-refractivity contribution in [2.24, 2.45) is 0 Å². The number of carbonyl (C=O) groups is 1. The fourth-order valence-corrected chi connectivity index (χ4v) is 4.94. The summed E-state index contributed by atoms with van der Waals surface area (Å²) in [6.07, 6.45) is 1.25. The molecule has 1 aliphatic rings. The molecule has 3 aromatic rings. The third-order valence-corrected chi connectivity index (χ3v) is 6.86. The third-order valence-electron chi connectivity index (χ3n) is 5.10. The Morgan fingerprint density at radius 2 is 1.74 bits per heavy atom. The summed E-state index contributed by atoms with van der Waals surface area (Å²) in [5.74, 6) is 0.0822. The predicted molar refractivity (Wildman–Crippen MR) is 122 cm³/mol. The zero-order valence-electron chi connectivity index (χ0n) is 17.2. The van der Waals surface area contributed by atoms with Crippen LogP contribution in [0, 0.1) is 6.92 Å². The van der Waals surface area contributed by atoms with Crippen LogP contribution in [0.3, 0.4) is 0 Å². The number of nitrogens with zero attached hydrogens (tertiary/aromatic N) is 1. The van der Waals surface area contributed by atoms with E-state index in [0.717, 1.165) is 11.1 Å². The van der Waals surface area contributed by atoms with Crippen LogP contribution in [0.25, 0.3) is 0 Å². The lowest BCUT2D eigenvalue weighted by atomic mass is 10.1. The number of para-hydroxylation sites is 1. The van der Waals surface area contributed by atoms with Crippen LogP contribution in [0.4, 0.5) is 11.4 Å². The lowest BCUT2D eigenvalue weighted by Gasteiger charge is -2.31. The summed E-state index contributed by atoms with van der Waals surface area (Å²) < 4.78 is 33.4. The van der Waals surface area contributed by atoms with Crippen LogP contribution >= 0.6 is 0 Å². The summed E-state index contributed by atoms with van der Waals surface area (Å²) in [5, 5.41) is 2.93. The molecule has 1 aliphatic heterocycles. The second-order valence-electron chi connectivity index (χ2n) is 7.23. The quantitative estimate of drug-likeness (QED) is 0.599. The van der Waals surface area contributed by atoms with Gasteiger partial charge in [0, 0.05) is 23.5 Å². The van der Waals surface area contributed by atoms with Gasteiger partial charge in [-0.25, -0.2) is 8.42 Å². The number of nitrogens with one attached hydrogen (secondary N) is 1. The summed E-state index contributed by atoms with van der Waals surface area (Å²) in [5.41, 5.74) is 3.26. The highest BCUT2D eigenvalue weighted by Gasteiger charge is 2.40. The molecule has 0 radical (unpaired) electrons. The van der Waals surface area contributed by atoms with Gasteiger partial charge in [-0.05, 0) is 36.8 Å². The summed E-state index contributed by atoms with van der Waals surface area (Å²) in [4.78, 5) is 12.8. The van der Waals surface area contributed by atoms with Gasteiger partial charge in [0.05, 0.1) is 19.3 Å². The van der Waals surface area contributed by atoms with Crippen molar-refractivity contribution in [2.75, 3.05) is 16.7 Å². The minimum atomic E-state index is -4.07. The molecule has 0 amide bonds. The number of methoxy groups -OCH3 is 1. The molecular formula is C24H22N2O4S. The SMILES string of the molecule is COc1cccc(NC=C2C(=O)c3ccccc3N(Cc3ccc(C)cc3)S2(=O)=O)c1. The minimum Gasteiger partial charge on any atom is -0.497 e. The van der Waals surface area contributed by atoms with Gasteiger partial charge in [-0.2, -0.15) is 0 Å². The molecule has 3 aromatic carbocycles. The van der Waals surface area contributed by atoms with E-state index in [0.29, 0.717) is 22.7 Å². The van der Waals surface area contributed by atoms with Crippen molar-refractivity contribution in [3.63, 3.8) is 0 Å². The average molecular weight is 435 g/mol. The Morgan fingerprint density at radius 3 is 2.48 bits per heavy atom. The fourth-order valence-electron chi connectivity index (χ4n) is 3.41. The van der Waals surface area contributed by atoms with Crippen LogP contribution < -0.4 is 14.4 Å². The maximum atomic E-state index is 13.5. The lowest BCUT2D eigenvalue weighted by molar-refractivity contribution is 0.104. The largest absolute Gasteiger partial charge is 0.497 e. The molecule has 1 N–H and O–H groups in total. The number of allylic oxidation sites excluding steroid dienone is 1. The molecule has 0 atom stereocenters. The van der Waals surface area contributed by atoms with Crippen molar-refractivity contribution in [1.82, 2.24) is 0 Å². The summed E-state index contributed by atoms with van der Waals surface area (Å²) in [6.45, 7) is 2.10. The van der Waals surface area contributed by atoms with Gasteiger partial charge in [-0.1, -0.05) is 48.0 Å². The van der Waals surface area contributed by atoms with Gasteiger partial charge in [0.25, 0.3) is 10.0 Å². The topological polar surface area (TPSA) is 75.7 Å². The molecule has 0 unspecified atom stereocenters. The molecule has 4 rings (SSSR count). The number of Topliss-reactive ketones (excluding diaryl/α,β-unsaturated/α-hetero) is 1. The standard InChI is InChI=1S/C24H22N2O4S/c1-17-10-12-18(13-11-17)16-26-22-9-4-3-8-21(22)24(27)23(31(26,28)29)15-25-19-6-5-7-20(14-19)30-2/h3-15,25H,16H2,1-2H3. The third kappa shape index (κ3) is 4.04. The number of sulfonamides is 1. The van der Waals surface area contributed by atoms with Crippen molar-refractivity contribution >= 4 is 27.2 Å². The van der Waals surface area contributed by atoms with Gasteiger partial charge in [0.15, 0.2) is 4.91 Å². The van der Waals surface area contributed by atoms with E-state index in [1.165, 1.54) is 10.5 Å². The Bertz CT molecular complexity index is 1260. The fraction of sp³-hybridized carbons (Fsp3) is 0.125. The van der Waals surface area contributed by atoms with E-state index in [4.69, 9.17) is 4.74 Å². The number of anilines is 2. The first-order chi connectivity index (χ1) is 14.9. The number of fused-ring (bicyclic) bond motifs is 1. The van der Waals surface area contributed by atoms with E-state index in [2.05, 4.69) is 5.32 Å². The van der Waals surface area contributed by atoms with Gasteiger partial charge < -0.3 is 10.1 Å². The maximum absolute atomic E-state index is 13.5. The molecular weight excluding hydrogens is 412 g/mol. The Morgan fingerprint density at radius 1 is 1.00 bits per heavy atom. The lowest BCUT2D eigenvalue weighted by Crippen LogP contribution is -2.39. The highest BCUT2D eigenvalue weighted by molar-refractivity contribution is 7.97. The van der Waals surface area contributed by atoms with Crippen molar-refractivity contribution in [3.05, 3.63) is 101 Å². The molecule has 7 heteroatoms. The number of aryl methyl sites for hydroxylation is 1. The number of ether oxygens (including phenoxy) is 1. The second-order valence-corrected chi connectivity index (χ2v) is 9.06. The van der Waals surface area contributed by atoms with Crippen LogP contribution in [-0.4, -0.2) is 21.3 Å². The Labute approximate surface area is 181 Å². The van der Waals surface area contributed by atoms with Crippen LogP contribution in [0.15, 0.2) is 83.9 Å². The molecule has 6 nitrogen and oxygen atoms in total. The van der Waals surface area contributed by atoms with Crippen LogP contribution in [0.2, 0.25) is 0 Å². The molecule has 1 heterocycles. The number of ketones is 1. The van der Waals surface area contributed by atoms with Gasteiger partial charge in [0.1, 0.15) is 5.75 Å². The number of benzene rings is 3. The second kappa shape index (κ2) is 8.28. The van der Waals surface area contributed by atoms with E-state index in [-0.39, 0.29) is 11.4 Å². The molecule has 0 fully saturated rings. The first-order valence-electron chi connectivity index (χ1n) is 9.73. The van der Waals surface area contributed by atoms with Crippen molar-refractivity contribution in [1.29, 1.82) is 0 Å². The van der Waals surface area contributed by atoms with E-state index in [1.54, 1.807) is 55.6 Å². The zero-order chi connectivity index (χ0) is 22.0. The number of hydrogen-bond acceptors (Lipinski definition) is 5. The summed E-state index contributed by atoms with van der Waals surface area (Å²) in [7, 11) is -2.52. The van der Waals surface area contributed by atoms with Crippen LogP contribution in [0.1, 0.15) is 21.5 Å². The number of carbonyl (C=O) groups excluding carboxylic acids is 1. The molecule has 0 saturated carbocycles. The monoisotopic (exact) mass is 434 g/mol. The number of hydrogen-bond donors (Lipinski definition) is 1. The van der Waals surface area contributed by atoms with E-state index in [1.807, 2.05) is 31.2 Å². The maximum Gasteiger partial charge on any atom is 0.270 e. The highest BCUT2D eigenvalue weighted by atomic mass is 32.2. The van der Waals surface area contributed by atoms with Crippen molar-refractivity contribution in [3.8, 4) is 5.75 Å². The first-order valence-corrected chi connectivity index (χ1v) is 11.2. The minimum absolute atomic E-state index is 0.128. The van der Waals surface area contributed by atoms with Crippen LogP contribution in [-0.2, 0) is 16.6 Å². The first kappa shape index (κ1) is 20.7. The van der Waals surface area contributed by atoms with Crippen molar-refractivity contribution in [2.45, 2.75) is 13.5 Å². The van der Waals surface area contributed by atoms with E-state index >= 15 is 0 Å². The van der Waals surface area contributed by atoms with Crippen LogP contribution in [0.5, 0.6) is 5.75 Å². The normalized spacial score (nSPS) is 16.1. The molecule has 158 valence electrons. The predicted octanol–water partition coefficient (Wildman–Crippen LogP) is 4.49. The molecule has 0 aromatic heterocycles. The molecule has 0 saturated heterocycles. The molecule has 0 spiro atoms. The Balaban J connectivity index is 1.76. The summed E-state index contributed by atoms with van der Waals surface area (Å²) in [6, 6.07) is 21.4. The molecule has 31 heavy (non-hydrogen) atoms. The van der Waals surface area contributed by atoms with Gasteiger partial charge in [0.2, 0.25) is 5.78 Å². The highest BCUT2D eigenvalue weighted by Crippen LogP contribution is 2.36. The Kier molecular flexibility index (Phi) is 5.52. The van der Waals surface area contributed by atoms with Crippen molar-refractivity contribution < 1.29 is 17.9 Å². The van der Waals surface area contributed by atoms with E-state index < -0.39 is 15.8 Å².